The fourth-order valence-corrected chi connectivity index (χ4v) is 5.28. The Bertz CT molecular complexity index is 1230. The highest BCUT2D eigenvalue weighted by atomic mass is 16.5. The molecule has 2 amide bonds. The van der Waals surface area contributed by atoms with Gasteiger partial charge in [0.1, 0.15) is 11.4 Å². The van der Waals surface area contributed by atoms with Gasteiger partial charge in [-0.3, -0.25) is 19.5 Å². The van der Waals surface area contributed by atoms with Crippen LogP contribution >= 0.6 is 0 Å². The quantitative estimate of drug-likeness (QED) is 0.604. The van der Waals surface area contributed by atoms with Crippen molar-refractivity contribution >= 4 is 23.6 Å². The Morgan fingerprint density at radius 1 is 1.03 bits per heavy atom. The second-order valence-electron chi connectivity index (χ2n) is 10.2. The summed E-state index contributed by atoms with van der Waals surface area (Å²) in [5.74, 6) is 1.29. The van der Waals surface area contributed by atoms with Crippen molar-refractivity contribution in [2.45, 2.75) is 37.6 Å². The van der Waals surface area contributed by atoms with Crippen molar-refractivity contribution < 1.29 is 19.1 Å². The Morgan fingerprint density at radius 2 is 1.77 bits per heavy atom. The van der Waals surface area contributed by atoms with Gasteiger partial charge in [-0.1, -0.05) is 36.4 Å². The minimum atomic E-state index is -0.565. The van der Waals surface area contributed by atoms with E-state index in [-0.39, 0.29) is 23.7 Å². The summed E-state index contributed by atoms with van der Waals surface area (Å²) in [7, 11) is 1.37. The molecule has 7 nitrogen and oxygen atoms in total. The highest BCUT2D eigenvalue weighted by Gasteiger charge is 2.57. The summed E-state index contributed by atoms with van der Waals surface area (Å²) in [6.45, 7) is 2.13. The molecule has 3 fully saturated rings. The third kappa shape index (κ3) is 4.03. The van der Waals surface area contributed by atoms with Crippen molar-refractivity contribution in [3.8, 4) is 11.1 Å². The molecule has 180 valence electrons. The molecule has 35 heavy (non-hydrogen) atoms. The fraction of sp³-hybridized carbons (Fsp3) is 0.429. The molecule has 0 bridgehead atoms. The molecule has 2 aromatic carbocycles. The van der Waals surface area contributed by atoms with Gasteiger partial charge in [-0.2, -0.15) is 0 Å². The van der Waals surface area contributed by atoms with Gasteiger partial charge in [-0.25, -0.2) is 4.79 Å². The van der Waals surface area contributed by atoms with Gasteiger partial charge in [0.2, 0.25) is 5.91 Å². The SMILES string of the molecule is COC(=O)c1cccc(-c2ccc(C3=NC4(CC4)C(=O)N3CC3CCN(C(=O)C4CC4)C3)cc2)c1. The first-order valence-electron chi connectivity index (χ1n) is 12.5. The lowest BCUT2D eigenvalue weighted by molar-refractivity contribution is -0.131. The van der Waals surface area contributed by atoms with Crippen LogP contribution in [0.2, 0.25) is 0 Å². The fourth-order valence-electron chi connectivity index (χ4n) is 5.28. The van der Waals surface area contributed by atoms with Crippen LogP contribution in [0.3, 0.4) is 0 Å². The van der Waals surface area contributed by atoms with Crippen LogP contribution in [0, 0.1) is 11.8 Å². The number of likely N-dealkylation sites (tertiary alicyclic amines) is 1. The molecule has 2 aliphatic carbocycles. The van der Waals surface area contributed by atoms with Crippen LogP contribution in [0.1, 0.15) is 48.0 Å². The standard InChI is InChI=1S/C28H29N3O4/c1-35-26(33)23-4-2-3-22(15-23)19-5-7-20(8-6-19)24-29-28(12-13-28)27(34)31(24)17-18-11-14-30(16-18)25(32)21-9-10-21/h2-8,15,18,21H,9-14,16-17H2,1H3. The number of nitrogens with zero attached hydrogens (tertiary/aromatic N) is 3. The highest BCUT2D eigenvalue weighted by molar-refractivity contribution is 6.16. The number of carbonyl (C=O) groups is 3. The van der Waals surface area contributed by atoms with E-state index in [1.807, 2.05) is 52.3 Å². The van der Waals surface area contributed by atoms with Crippen LogP contribution < -0.4 is 0 Å². The third-order valence-electron chi connectivity index (χ3n) is 7.67. The number of hydrogen-bond acceptors (Lipinski definition) is 5. The summed E-state index contributed by atoms with van der Waals surface area (Å²) in [6.07, 6.45) is 4.58. The van der Waals surface area contributed by atoms with E-state index in [1.54, 1.807) is 6.07 Å². The molecular weight excluding hydrogens is 442 g/mol. The number of ether oxygens (including phenoxy) is 1. The molecule has 4 aliphatic rings. The molecule has 2 saturated carbocycles. The third-order valence-corrected chi connectivity index (χ3v) is 7.67. The molecular formula is C28H29N3O4. The van der Waals surface area contributed by atoms with Crippen molar-refractivity contribution in [1.29, 1.82) is 0 Å². The van der Waals surface area contributed by atoms with E-state index in [1.165, 1.54) is 7.11 Å². The van der Waals surface area contributed by atoms with Gasteiger partial charge < -0.3 is 9.64 Å². The molecule has 1 spiro atoms. The van der Waals surface area contributed by atoms with Crippen LogP contribution in [0.5, 0.6) is 0 Å². The lowest BCUT2D eigenvalue weighted by Gasteiger charge is -2.23. The topological polar surface area (TPSA) is 79.3 Å². The first-order chi connectivity index (χ1) is 17.0. The molecule has 1 unspecified atom stereocenters. The normalized spacial score (nSPS) is 22.5. The van der Waals surface area contributed by atoms with Crippen molar-refractivity contribution in [2.75, 3.05) is 26.7 Å². The Kier molecular flexibility index (Phi) is 5.24. The minimum absolute atomic E-state index is 0.106. The summed E-state index contributed by atoms with van der Waals surface area (Å²) in [5, 5.41) is 0. The zero-order valence-corrected chi connectivity index (χ0v) is 19.9. The summed E-state index contributed by atoms with van der Waals surface area (Å²) in [5.41, 5.74) is 2.75. The van der Waals surface area contributed by atoms with Crippen molar-refractivity contribution in [2.24, 2.45) is 16.8 Å². The van der Waals surface area contributed by atoms with E-state index >= 15 is 0 Å². The molecule has 0 aromatic heterocycles. The zero-order valence-electron chi connectivity index (χ0n) is 19.9. The number of esters is 1. The maximum Gasteiger partial charge on any atom is 0.337 e. The van der Waals surface area contributed by atoms with Crippen LogP contribution in [0.15, 0.2) is 53.5 Å². The summed E-state index contributed by atoms with van der Waals surface area (Å²) < 4.78 is 4.84. The molecule has 6 rings (SSSR count). The van der Waals surface area contributed by atoms with Gasteiger partial charge in [-0.15, -0.1) is 0 Å². The van der Waals surface area contributed by atoms with E-state index in [9.17, 15) is 14.4 Å². The number of hydrogen-bond donors (Lipinski definition) is 0. The van der Waals surface area contributed by atoms with E-state index in [4.69, 9.17) is 9.73 Å². The minimum Gasteiger partial charge on any atom is -0.465 e. The average molecular weight is 472 g/mol. The summed E-state index contributed by atoms with van der Waals surface area (Å²) in [4.78, 5) is 46.4. The van der Waals surface area contributed by atoms with E-state index in [2.05, 4.69) is 0 Å². The monoisotopic (exact) mass is 471 g/mol. The maximum absolute atomic E-state index is 13.3. The number of amides is 2. The van der Waals surface area contributed by atoms with E-state index < -0.39 is 5.54 Å². The van der Waals surface area contributed by atoms with Crippen molar-refractivity contribution in [3.05, 3.63) is 59.7 Å². The van der Waals surface area contributed by atoms with Crippen LogP contribution in [-0.4, -0.2) is 65.7 Å². The Balaban J connectivity index is 1.21. The van der Waals surface area contributed by atoms with Crippen LogP contribution in [-0.2, 0) is 14.3 Å². The summed E-state index contributed by atoms with van der Waals surface area (Å²) >= 11 is 0. The molecule has 0 N–H and O–H groups in total. The Labute approximate surface area is 204 Å². The van der Waals surface area contributed by atoms with Gasteiger partial charge in [-0.05, 0) is 61.3 Å². The average Bonchev–Trinajstić information content (AvgIpc) is 3.82. The lowest BCUT2D eigenvalue weighted by atomic mass is 10.0. The number of aliphatic imine (C=N–C) groups is 1. The van der Waals surface area contributed by atoms with Crippen molar-refractivity contribution in [1.82, 2.24) is 9.80 Å². The van der Waals surface area contributed by atoms with E-state index in [0.29, 0.717) is 18.0 Å². The first-order valence-corrected chi connectivity index (χ1v) is 12.5. The maximum atomic E-state index is 13.3. The number of carbonyl (C=O) groups excluding carboxylic acids is 3. The van der Waals surface area contributed by atoms with Crippen LogP contribution in [0.4, 0.5) is 0 Å². The molecule has 2 heterocycles. The van der Waals surface area contributed by atoms with Gasteiger partial charge in [0.05, 0.1) is 12.7 Å². The highest BCUT2D eigenvalue weighted by Crippen LogP contribution is 2.46. The first kappa shape index (κ1) is 22.0. The smallest absolute Gasteiger partial charge is 0.337 e. The molecule has 2 aromatic rings. The van der Waals surface area contributed by atoms with Gasteiger partial charge in [0.15, 0.2) is 0 Å². The molecule has 7 heteroatoms. The van der Waals surface area contributed by atoms with E-state index in [0.717, 1.165) is 67.7 Å². The second kappa shape index (κ2) is 8.33. The lowest BCUT2D eigenvalue weighted by Crippen LogP contribution is -2.40. The zero-order chi connectivity index (χ0) is 24.2. The predicted molar refractivity (Wildman–Crippen MR) is 131 cm³/mol. The number of rotatable bonds is 6. The summed E-state index contributed by atoms with van der Waals surface area (Å²) in [6, 6.07) is 15.3. The molecule has 0 radical (unpaired) electrons. The molecule has 1 atom stereocenters. The molecule has 2 aliphatic heterocycles. The van der Waals surface area contributed by atoms with Crippen LogP contribution in [0.25, 0.3) is 11.1 Å². The second-order valence-corrected chi connectivity index (χ2v) is 10.2. The van der Waals surface area contributed by atoms with Gasteiger partial charge in [0.25, 0.3) is 5.91 Å². The number of benzene rings is 2. The predicted octanol–water partition coefficient (Wildman–Crippen LogP) is 3.52. The van der Waals surface area contributed by atoms with Gasteiger partial charge >= 0.3 is 5.97 Å². The number of amidine groups is 1. The Hall–Kier alpha value is -3.48. The Morgan fingerprint density at radius 3 is 2.46 bits per heavy atom. The van der Waals surface area contributed by atoms with Gasteiger partial charge in [0, 0.05) is 31.1 Å². The van der Waals surface area contributed by atoms with Crippen molar-refractivity contribution in [3.63, 3.8) is 0 Å². The number of methoxy groups -OCH3 is 1. The molecule has 1 saturated heterocycles. The largest absolute Gasteiger partial charge is 0.465 e.